The predicted molar refractivity (Wildman–Crippen MR) is 121 cm³/mol. The number of carbonyl (C=O) groups is 1. The molecule has 0 bridgehead atoms. The minimum absolute atomic E-state index is 0.0824. The van der Waals surface area contributed by atoms with Crippen LogP contribution in [0.4, 0.5) is 11.5 Å². The number of pyridine rings is 1. The molecule has 1 amide bonds. The van der Waals surface area contributed by atoms with Crippen molar-refractivity contribution in [2.75, 3.05) is 35.8 Å². The number of sulfonamides is 1. The van der Waals surface area contributed by atoms with E-state index in [0.29, 0.717) is 42.5 Å². The van der Waals surface area contributed by atoms with Crippen LogP contribution in [0.2, 0.25) is 5.02 Å². The molecule has 4 rings (SSSR count). The van der Waals surface area contributed by atoms with E-state index in [9.17, 15) is 13.2 Å². The molecule has 2 heterocycles. The molecule has 160 valence electrons. The first kappa shape index (κ1) is 21.1. The normalized spacial score (nSPS) is 14.4. The monoisotopic (exact) mass is 456 g/mol. The Bertz CT molecular complexity index is 1150. The van der Waals surface area contributed by atoms with Gasteiger partial charge in [0.1, 0.15) is 5.82 Å². The lowest BCUT2D eigenvalue weighted by atomic mass is 10.2. The number of aromatic nitrogens is 1. The van der Waals surface area contributed by atoms with Crippen molar-refractivity contribution in [2.24, 2.45) is 0 Å². The number of piperazine rings is 1. The van der Waals surface area contributed by atoms with Crippen LogP contribution >= 0.6 is 11.6 Å². The van der Waals surface area contributed by atoms with Crippen LogP contribution < -0.4 is 9.62 Å². The highest BCUT2D eigenvalue weighted by Crippen LogP contribution is 2.20. The van der Waals surface area contributed by atoms with Crippen molar-refractivity contribution in [3.8, 4) is 0 Å². The lowest BCUT2D eigenvalue weighted by molar-refractivity contribution is 0.0746. The Morgan fingerprint density at radius 2 is 1.58 bits per heavy atom. The number of hydrogen-bond donors (Lipinski definition) is 1. The van der Waals surface area contributed by atoms with Crippen LogP contribution in [0.15, 0.2) is 77.8 Å². The minimum Gasteiger partial charge on any atom is -0.353 e. The zero-order valence-corrected chi connectivity index (χ0v) is 18.2. The molecule has 3 aromatic rings. The maximum absolute atomic E-state index is 12.8. The van der Waals surface area contributed by atoms with Crippen LogP contribution in [0.1, 0.15) is 10.4 Å². The van der Waals surface area contributed by atoms with Crippen LogP contribution in [-0.2, 0) is 10.0 Å². The third kappa shape index (κ3) is 4.98. The van der Waals surface area contributed by atoms with E-state index < -0.39 is 10.0 Å². The van der Waals surface area contributed by atoms with Crippen molar-refractivity contribution in [3.05, 3.63) is 83.5 Å². The topological polar surface area (TPSA) is 82.6 Å². The summed E-state index contributed by atoms with van der Waals surface area (Å²) in [6.45, 7) is 2.54. The zero-order chi connectivity index (χ0) is 21.8. The summed E-state index contributed by atoms with van der Waals surface area (Å²) in [7, 11) is -3.76. The molecule has 0 saturated carbocycles. The molecule has 0 aliphatic carbocycles. The molecule has 0 radical (unpaired) electrons. The maximum Gasteiger partial charge on any atom is 0.261 e. The van der Waals surface area contributed by atoms with Crippen LogP contribution in [0.5, 0.6) is 0 Å². The fourth-order valence-corrected chi connectivity index (χ4v) is 4.56. The minimum atomic E-state index is -3.76. The Kier molecular flexibility index (Phi) is 6.11. The van der Waals surface area contributed by atoms with E-state index in [1.807, 2.05) is 18.2 Å². The maximum atomic E-state index is 12.8. The van der Waals surface area contributed by atoms with Crippen LogP contribution in [0, 0.1) is 0 Å². The zero-order valence-electron chi connectivity index (χ0n) is 16.6. The van der Waals surface area contributed by atoms with Gasteiger partial charge in [-0.05, 0) is 60.7 Å². The second-order valence-corrected chi connectivity index (χ2v) is 9.22. The van der Waals surface area contributed by atoms with Crippen molar-refractivity contribution in [3.63, 3.8) is 0 Å². The third-order valence-electron chi connectivity index (χ3n) is 5.05. The van der Waals surface area contributed by atoms with Gasteiger partial charge in [-0.3, -0.25) is 9.52 Å². The van der Waals surface area contributed by atoms with Gasteiger partial charge in [0, 0.05) is 48.6 Å². The van der Waals surface area contributed by atoms with Crippen molar-refractivity contribution in [1.82, 2.24) is 9.88 Å². The molecule has 2 aromatic carbocycles. The smallest absolute Gasteiger partial charge is 0.261 e. The lowest BCUT2D eigenvalue weighted by Crippen LogP contribution is -2.49. The molecule has 0 unspecified atom stereocenters. The number of nitrogens with zero attached hydrogens (tertiary/aromatic N) is 3. The summed E-state index contributed by atoms with van der Waals surface area (Å²) in [5.41, 5.74) is 0.868. The highest BCUT2D eigenvalue weighted by molar-refractivity contribution is 7.92. The van der Waals surface area contributed by atoms with Crippen molar-refractivity contribution in [1.29, 1.82) is 0 Å². The molecule has 1 N–H and O–H groups in total. The largest absolute Gasteiger partial charge is 0.353 e. The summed E-state index contributed by atoms with van der Waals surface area (Å²) >= 11 is 5.83. The van der Waals surface area contributed by atoms with E-state index in [4.69, 9.17) is 11.6 Å². The van der Waals surface area contributed by atoms with Gasteiger partial charge in [-0.15, -0.1) is 0 Å². The molecule has 1 aromatic heterocycles. The Hall–Kier alpha value is -3.10. The lowest BCUT2D eigenvalue weighted by Gasteiger charge is -2.35. The van der Waals surface area contributed by atoms with Crippen molar-refractivity contribution < 1.29 is 13.2 Å². The van der Waals surface area contributed by atoms with Gasteiger partial charge in [-0.1, -0.05) is 17.7 Å². The first-order chi connectivity index (χ1) is 14.9. The van der Waals surface area contributed by atoms with Crippen molar-refractivity contribution in [2.45, 2.75) is 4.90 Å². The predicted octanol–water partition coefficient (Wildman–Crippen LogP) is 3.50. The number of amides is 1. The molecule has 1 aliphatic heterocycles. The molecular formula is C22H21ClN4O3S. The molecule has 0 atom stereocenters. The van der Waals surface area contributed by atoms with Gasteiger partial charge in [-0.25, -0.2) is 13.4 Å². The summed E-state index contributed by atoms with van der Waals surface area (Å²) < 4.78 is 27.7. The number of hydrogen-bond acceptors (Lipinski definition) is 5. The summed E-state index contributed by atoms with van der Waals surface area (Å²) in [6.07, 6.45) is 1.75. The molecule has 9 heteroatoms. The SMILES string of the molecule is O=C(c1ccc(S(=O)(=O)Nc2ccc(Cl)cc2)cc1)N1CCN(c2ccccn2)CC1. The Morgan fingerprint density at radius 1 is 0.903 bits per heavy atom. The van der Waals surface area contributed by atoms with Gasteiger partial charge in [0.15, 0.2) is 0 Å². The molecule has 1 saturated heterocycles. The Morgan fingerprint density at radius 3 is 2.19 bits per heavy atom. The summed E-state index contributed by atoms with van der Waals surface area (Å²) in [6, 6.07) is 18.1. The fraction of sp³-hybridized carbons (Fsp3) is 0.182. The molecule has 7 nitrogen and oxygen atoms in total. The summed E-state index contributed by atoms with van der Waals surface area (Å²) in [5, 5.41) is 0.520. The van der Waals surface area contributed by atoms with E-state index in [2.05, 4.69) is 14.6 Å². The standard InChI is InChI=1S/C22H21ClN4O3S/c23-18-6-8-19(9-7-18)25-31(29,30)20-10-4-17(5-11-20)22(28)27-15-13-26(14-16-27)21-3-1-2-12-24-21/h1-12,25H,13-16H2. The quantitative estimate of drug-likeness (QED) is 0.635. The van der Waals surface area contributed by atoms with Crippen LogP contribution in [-0.4, -0.2) is 50.4 Å². The van der Waals surface area contributed by atoms with Gasteiger partial charge in [-0.2, -0.15) is 0 Å². The molecule has 0 spiro atoms. The number of benzene rings is 2. The number of rotatable bonds is 5. The summed E-state index contributed by atoms with van der Waals surface area (Å²) in [4.78, 5) is 21.2. The van der Waals surface area contributed by atoms with E-state index >= 15 is 0 Å². The highest BCUT2D eigenvalue weighted by Gasteiger charge is 2.23. The van der Waals surface area contributed by atoms with Crippen LogP contribution in [0.3, 0.4) is 0 Å². The highest BCUT2D eigenvalue weighted by atomic mass is 35.5. The van der Waals surface area contributed by atoms with Gasteiger partial charge in [0.25, 0.3) is 15.9 Å². The molecular weight excluding hydrogens is 436 g/mol. The molecule has 31 heavy (non-hydrogen) atoms. The number of halogens is 1. The molecule has 1 fully saturated rings. The van der Waals surface area contributed by atoms with E-state index in [0.717, 1.165) is 5.82 Å². The fourth-order valence-electron chi connectivity index (χ4n) is 3.37. The number of nitrogens with one attached hydrogen (secondary N) is 1. The van der Waals surface area contributed by atoms with E-state index in [-0.39, 0.29) is 10.8 Å². The van der Waals surface area contributed by atoms with E-state index in [1.165, 1.54) is 12.1 Å². The number of carbonyl (C=O) groups excluding carboxylic acids is 1. The number of anilines is 2. The van der Waals surface area contributed by atoms with E-state index in [1.54, 1.807) is 47.5 Å². The van der Waals surface area contributed by atoms with Gasteiger partial charge < -0.3 is 9.80 Å². The summed E-state index contributed by atoms with van der Waals surface area (Å²) in [5.74, 6) is 0.785. The van der Waals surface area contributed by atoms with Crippen molar-refractivity contribution >= 4 is 39.0 Å². The van der Waals surface area contributed by atoms with Crippen LogP contribution in [0.25, 0.3) is 0 Å². The first-order valence-corrected chi connectivity index (χ1v) is 11.6. The third-order valence-corrected chi connectivity index (χ3v) is 6.70. The van der Waals surface area contributed by atoms with Gasteiger partial charge in [0.2, 0.25) is 0 Å². The average Bonchev–Trinajstić information content (AvgIpc) is 2.81. The van der Waals surface area contributed by atoms with Gasteiger partial charge in [0.05, 0.1) is 4.90 Å². The molecule has 1 aliphatic rings. The second-order valence-electron chi connectivity index (χ2n) is 7.10. The Labute approximate surface area is 186 Å². The average molecular weight is 457 g/mol. The first-order valence-electron chi connectivity index (χ1n) is 9.76. The van der Waals surface area contributed by atoms with Gasteiger partial charge >= 0.3 is 0 Å². The Balaban J connectivity index is 1.39. The second kappa shape index (κ2) is 8.95.